The third-order valence-corrected chi connectivity index (χ3v) is 2.92. The number of hydrogen-bond donors (Lipinski definition) is 2. The van der Waals surface area contributed by atoms with Crippen molar-refractivity contribution >= 4 is 5.91 Å². The van der Waals surface area contributed by atoms with E-state index in [-0.39, 0.29) is 5.91 Å². The Labute approximate surface area is 124 Å². The molecule has 0 aliphatic rings. The molecule has 2 unspecified atom stereocenters. The minimum absolute atomic E-state index is 0.271. The number of carbonyl (C=O) groups excluding carboxylic acids is 1. The molecule has 1 rings (SSSR count). The second kappa shape index (κ2) is 8.59. The molecule has 0 heterocycles. The van der Waals surface area contributed by atoms with Gasteiger partial charge in [0.15, 0.2) is 6.10 Å². The van der Waals surface area contributed by atoms with E-state index in [2.05, 4.69) is 5.32 Å². The molecular formula is C15H22FNO4. The molecule has 2 N–H and O–H groups in total. The van der Waals surface area contributed by atoms with E-state index < -0.39 is 18.0 Å². The first kappa shape index (κ1) is 17.4. The van der Waals surface area contributed by atoms with Gasteiger partial charge in [0.05, 0.1) is 6.10 Å². The molecule has 6 heteroatoms. The molecule has 1 amide bonds. The van der Waals surface area contributed by atoms with Gasteiger partial charge < -0.3 is 19.9 Å². The first-order valence-electron chi connectivity index (χ1n) is 6.86. The fourth-order valence-electron chi connectivity index (χ4n) is 1.77. The van der Waals surface area contributed by atoms with E-state index in [0.717, 1.165) is 0 Å². The highest BCUT2D eigenvalue weighted by Crippen LogP contribution is 2.26. The predicted molar refractivity (Wildman–Crippen MR) is 76.6 cm³/mol. The Morgan fingerprint density at radius 3 is 2.76 bits per heavy atom. The van der Waals surface area contributed by atoms with E-state index >= 15 is 0 Å². The number of aliphatic hydroxyl groups excluding tert-OH is 1. The summed E-state index contributed by atoms with van der Waals surface area (Å²) in [4.78, 5) is 11.8. The fraction of sp³-hybridized carbons (Fsp3) is 0.533. The normalized spacial score (nSPS) is 13.6. The number of aliphatic hydroxyl groups is 1. The smallest absolute Gasteiger partial charge is 0.260 e. The number of methoxy groups -OCH3 is 1. The van der Waals surface area contributed by atoms with Gasteiger partial charge in [-0.05, 0) is 38.5 Å². The van der Waals surface area contributed by atoms with Crippen molar-refractivity contribution in [3.63, 3.8) is 0 Å². The second-order valence-electron chi connectivity index (χ2n) is 4.76. The van der Waals surface area contributed by atoms with Gasteiger partial charge in [0.25, 0.3) is 5.91 Å². The fourth-order valence-corrected chi connectivity index (χ4v) is 1.77. The maximum absolute atomic E-state index is 13.2. The first-order chi connectivity index (χ1) is 9.95. The zero-order valence-corrected chi connectivity index (χ0v) is 12.6. The minimum atomic E-state index is -0.882. The maximum Gasteiger partial charge on any atom is 0.260 e. The number of amides is 1. The molecule has 1 aromatic rings. The van der Waals surface area contributed by atoms with Crippen LogP contribution in [0, 0.1) is 5.82 Å². The summed E-state index contributed by atoms with van der Waals surface area (Å²) in [5.74, 6) is -0.437. The minimum Gasteiger partial charge on any atom is -0.481 e. The van der Waals surface area contributed by atoms with Gasteiger partial charge in [-0.25, -0.2) is 4.39 Å². The summed E-state index contributed by atoms with van der Waals surface area (Å²) in [6, 6.07) is 3.83. The second-order valence-corrected chi connectivity index (χ2v) is 4.76. The number of nitrogens with one attached hydrogen (secondary N) is 1. The van der Waals surface area contributed by atoms with Crippen LogP contribution in [-0.2, 0) is 9.53 Å². The molecule has 0 aliphatic heterocycles. The van der Waals surface area contributed by atoms with Crippen LogP contribution >= 0.6 is 0 Å². The van der Waals surface area contributed by atoms with Crippen LogP contribution in [0.2, 0.25) is 0 Å². The number of carbonyl (C=O) groups is 1. The lowest BCUT2D eigenvalue weighted by Gasteiger charge is -2.18. The van der Waals surface area contributed by atoms with Crippen LogP contribution in [0.4, 0.5) is 4.39 Å². The van der Waals surface area contributed by atoms with Crippen LogP contribution < -0.4 is 10.1 Å². The SMILES string of the molecule is COCCCNC(=O)C(C)Oc1ccc(F)cc1C(C)O. The zero-order valence-electron chi connectivity index (χ0n) is 12.6. The number of ether oxygens (including phenoxy) is 2. The maximum atomic E-state index is 13.2. The molecule has 0 fully saturated rings. The number of benzene rings is 1. The molecule has 0 bridgehead atoms. The average Bonchev–Trinajstić information content (AvgIpc) is 2.44. The van der Waals surface area contributed by atoms with Gasteiger partial charge in [-0.1, -0.05) is 0 Å². The van der Waals surface area contributed by atoms with Crippen molar-refractivity contribution < 1.29 is 23.8 Å². The predicted octanol–water partition coefficient (Wildman–Crippen LogP) is 1.80. The Hall–Kier alpha value is -1.66. The van der Waals surface area contributed by atoms with E-state index in [1.165, 1.54) is 25.1 Å². The molecule has 5 nitrogen and oxygen atoms in total. The molecule has 0 aromatic heterocycles. The van der Waals surface area contributed by atoms with Crippen molar-refractivity contribution in [3.8, 4) is 5.75 Å². The Kier molecular flexibility index (Phi) is 7.11. The van der Waals surface area contributed by atoms with Gasteiger partial charge in [-0.3, -0.25) is 4.79 Å². The van der Waals surface area contributed by atoms with Crippen molar-refractivity contribution in [2.24, 2.45) is 0 Å². The number of hydrogen-bond acceptors (Lipinski definition) is 4. The van der Waals surface area contributed by atoms with Crippen LogP contribution in [0.5, 0.6) is 5.75 Å². The summed E-state index contributed by atoms with van der Waals surface area (Å²) in [7, 11) is 1.60. The molecule has 0 saturated carbocycles. The lowest BCUT2D eigenvalue weighted by molar-refractivity contribution is -0.127. The molecule has 21 heavy (non-hydrogen) atoms. The van der Waals surface area contributed by atoms with E-state index in [9.17, 15) is 14.3 Å². The van der Waals surface area contributed by atoms with Gasteiger partial charge in [0.2, 0.25) is 0 Å². The van der Waals surface area contributed by atoms with E-state index in [1.54, 1.807) is 14.0 Å². The van der Waals surface area contributed by atoms with Crippen molar-refractivity contribution in [2.75, 3.05) is 20.3 Å². The van der Waals surface area contributed by atoms with Crippen molar-refractivity contribution in [2.45, 2.75) is 32.5 Å². The molecule has 0 spiro atoms. The van der Waals surface area contributed by atoms with Gasteiger partial charge in [0, 0.05) is 25.8 Å². The number of halogens is 1. The average molecular weight is 299 g/mol. The largest absolute Gasteiger partial charge is 0.481 e. The highest BCUT2D eigenvalue weighted by molar-refractivity contribution is 5.80. The van der Waals surface area contributed by atoms with Gasteiger partial charge in [0.1, 0.15) is 11.6 Å². The molecule has 0 saturated heterocycles. The monoisotopic (exact) mass is 299 g/mol. The molecule has 0 aliphatic carbocycles. The Balaban J connectivity index is 2.61. The standard InChI is InChI=1S/C15H22FNO4/c1-10(18)13-9-12(16)5-6-14(13)21-11(2)15(19)17-7-4-8-20-3/h5-6,9-11,18H,4,7-8H2,1-3H3,(H,17,19). The van der Waals surface area contributed by atoms with Gasteiger partial charge in [-0.2, -0.15) is 0 Å². The van der Waals surface area contributed by atoms with Crippen LogP contribution in [0.25, 0.3) is 0 Å². The van der Waals surface area contributed by atoms with Gasteiger partial charge in [-0.15, -0.1) is 0 Å². The van der Waals surface area contributed by atoms with Crippen LogP contribution in [-0.4, -0.2) is 37.4 Å². The first-order valence-corrected chi connectivity index (χ1v) is 6.86. The lowest BCUT2D eigenvalue weighted by Crippen LogP contribution is -2.37. The van der Waals surface area contributed by atoms with E-state index in [4.69, 9.17) is 9.47 Å². The highest BCUT2D eigenvalue weighted by Gasteiger charge is 2.18. The van der Waals surface area contributed by atoms with Crippen molar-refractivity contribution in [1.29, 1.82) is 0 Å². The molecular weight excluding hydrogens is 277 g/mol. The third kappa shape index (κ3) is 5.69. The Morgan fingerprint density at radius 2 is 2.14 bits per heavy atom. The van der Waals surface area contributed by atoms with Crippen LogP contribution in [0.15, 0.2) is 18.2 Å². The van der Waals surface area contributed by atoms with E-state index in [1.807, 2.05) is 0 Å². The Bertz CT molecular complexity index is 465. The summed E-state index contributed by atoms with van der Waals surface area (Å²) in [6.45, 7) is 4.17. The van der Waals surface area contributed by atoms with Crippen molar-refractivity contribution in [1.82, 2.24) is 5.32 Å². The Morgan fingerprint density at radius 1 is 1.43 bits per heavy atom. The zero-order chi connectivity index (χ0) is 15.8. The molecule has 118 valence electrons. The summed E-state index contributed by atoms with van der Waals surface area (Å²) in [6.07, 6.45) is -0.909. The topological polar surface area (TPSA) is 67.8 Å². The summed E-state index contributed by atoms with van der Waals surface area (Å²) in [5, 5.41) is 12.3. The highest BCUT2D eigenvalue weighted by atomic mass is 19.1. The van der Waals surface area contributed by atoms with Crippen molar-refractivity contribution in [3.05, 3.63) is 29.6 Å². The summed E-state index contributed by atoms with van der Waals surface area (Å²) < 4.78 is 23.6. The van der Waals surface area contributed by atoms with Crippen LogP contribution in [0.1, 0.15) is 31.9 Å². The van der Waals surface area contributed by atoms with Gasteiger partial charge >= 0.3 is 0 Å². The molecule has 2 atom stereocenters. The van der Waals surface area contributed by atoms with Crippen LogP contribution in [0.3, 0.4) is 0 Å². The van der Waals surface area contributed by atoms with E-state index in [0.29, 0.717) is 30.9 Å². The lowest BCUT2D eigenvalue weighted by atomic mass is 10.1. The summed E-state index contributed by atoms with van der Waals surface area (Å²) in [5.41, 5.74) is 0.314. The molecule has 1 aromatic carbocycles. The quantitative estimate of drug-likeness (QED) is 0.718. The number of rotatable bonds is 8. The molecule has 0 radical (unpaired) electrons. The third-order valence-electron chi connectivity index (χ3n) is 2.92. The summed E-state index contributed by atoms with van der Waals surface area (Å²) >= 11 is 0.